The Balaban J connectivity index is 1.54. The molecule has 0 radical (unpaired) electrons. The normalized spacial score (nSPS) is 22.6. The van der Waals surface area contributed by atoms with E-state index in [2.05, 4.69) is 9.80 Å². The SMILES string of the molecule is Fc1cccc(Cl)c1CN1CCC(N2CCCCC2)CC1. The molecule has 0 saturated carbocycles. The van der Waals surface area contributed by atoms with E-state index in [-0.39, 0.29) is 5.82 Å². The van der Waals surface area contributed by atoms with Gasteiger partial charge in [-0.1, -0.05) is 24.1 Å². The van der Waals surface area contributed by atoms with Crippen LogP contribution in [0.25, 0.3) is 0 Å². The lowest BCUT2D eigenvalue weighted by Gasteiger charge is -2.40. The maximum atomic E-state index is 13.9. The first-order valence-electron chi connectivity index (χ1n) is 8.13. The number of piperidine rings is 2. The summed E-state index contributed by atoms with van der Waals surface area (Å²) in [5.41, 5.74) is 0.649. The Morgan fingerprint density at radius 2 is 1.76 bits per heavy atom. The average molecular weight is 311 g/mol. The van der Waals surface area contributed by atoms with Crippen LogP contribution in [0.2, 0.25) is 5.02 Å². The molecule has 21 heavy (non-hydrogen) atoms. The Kier molecular flexibility index (Phi) is 5.15. The van der Waals surface area contributed by atoms with E-state index in [1.807, 2.05) is 0 Å². The maximum absolute atomic E-state index is 13.9. The van der Waals surface area contributed by atoms with Crippen molar-refractivity contribution in [1.29, 1.82) is 0 Å². The van der Waals surface area contributed by atoms with Gasteiger partial charge in [0, 0.05) is 23.2 Å². The van der Waals surface area contributed by atoms with Crippen LogP contribution in [0.3, 0.4) is 0 Å². The third-order valence-corrected chi connectivity index (χ3v) is 5.26. The Labute approximate surface area is 131 Å². The van der Waals surface area contributed by atoms with Crippen molar-refractivity contribution >= 4 is 11.6 Å². The highest BCUT2D eigenvalue weighted by Gasteiger charge is 2.26. The Morgan fingerprint density at radius 3 is 2.43 bits per heavy atom. The molecule has 0 bridgehead atoms. The second kappa shape index (κ2) is 7.08. The lowest BCUT2D eigenvalue weighted by atomic mass is 9.99. The largest absolute Gasteiger partial charge is 0.300 e. The molecule has 2 aliphatic heterocycles. The number of nitrogens with zero attached hydrogens (tertiary/aromatic N) is 2. The first-order valence-corrected chi connectivity index (χ1v) is 8.51. The van der Waals surface area contributed by atoms with Crippen LogP contribution in [0.4, 0.5) is 4.39 Å². The molecule has 0 spiro atoms. The number of hydrogen-bond acceptors (Lipinski definition) is 2. The lowest BCUT2D eigenvalue weighted by Crippen LogP contribution is -2.46. The molecule has 0 unspecified atom stereocenters. The van der Waals surface area contributed by atoms with Crippen molar-refractivity contribution in [3.8, 4) is 0 Å². The molecule has 3 rings (SSSR count). The van der Waals surface area contributed by atoms with Crippen LogP contribution >= 0.6 is 11.6 Å². The van der Waals surface area contributed by atoms with E-state index in [1.54, 1.807) is 12.1 Å². The number of halogens is 2. The van der Waals surface area contributed by atoms with Gasteiger partial charge in [0.1, 0.15) is 5.82 Å². The summed E-state index contributed by atoms with van der Waals surface area (Å²) in [7, 11) is 0. The minimum Gasteiger partial charge on any atom is -0.300 e. The van der Waals surface area contributed by atoms with Crippen molar-refractivity contribution < 1.29 is 4.39 Å². The first kappa shape index (κ1) is 15.3. The standard InChI is InChI=1S/C17H24ClFN2/c18-16-5-4-6-17(19)15(16)13-20-11-7-14(8-12-20)21-9-2-1-3-10-21/h4-6,14H,1-3,7-13H2. The fourth-order valence-corrected chi connectivity index (χ4v) is 3.86. The van der Waals surface area contributed by atoms with Gasteiger partial charge in [-0.25, -0.2) is 4.39 Å². The summed E-state index contributed by atoms with van der Waals surface area (Å²) in [6, 6.07) is 5.68. The van der Waals surface area contributed by atoms with E-state index in [0.29, 0.717) is 17.1 Å². The molecule has 0 atom stereocenters. The fourth-order valence-electron chi connectivity index (χ4n) is 3.63. The van der Waals surface area contributed by atoms with Gasteiger partial charge in [0.25, 0.3) is 0 Å². The van der Waals surface area contributed by atoms with Gasteiger partial charge in [-0.2, -0.15) is 0 Å². The van der Waals surface area contributed by atoms with E-state index in [1.165, 1.54) is 51.3 Å². The Morgan fingerprint density at radius 1 is 1.05 bits per heavy atom. The number of benzene rings is 1. The molecule has 0 amide bonds. The summed E-state index contributed by atoms with van der Waals surface area (Å²) in [6.45, 7) is 5.27. The van der Waals surface area contributed by atoms with Crippen molar-refractivity contribution in [3.63, 3.8) is 0 Å². The van der Waals surface area contributed by atoms with Crippen LogP contribution in [0.5, 0.6) is 0 Å². The van der Waals surface area contributed by atoms with E-state index in [4.69, 9.17) is 11.6 Å². The second-order valence-corrected chi connectivity index (χ2v) is 6.71. The summed E-state index contributed by atoms with van der Waals surface area (Å²) in [4.78, 5) is 5.00. The van der Waals surface area contributed by atoms with Gasteiger partial charge in [0.05, 0.1) is 0 Å². The molecule has 0 aliphatic carbocycles. The zero-order valence-corrected chi connectivity index (χ0v) is 13.3. The van der Waals surface area contributed by atoms with Gasteiger partial charge in [0.2, 0.25) is 0 Å². The summed E-state index contributed by atoms with van der Waals surface area (Å²) in [5, 5.41) is 0.549. The number of rotatable bonds is 3. The summed E-state index contributed by atoms with van der Waals surface area (Å²) in [6.07, 6.45) is 6.50. The quantitative estimate of drug-likeness (QED) is 0.834. The van der Waals surface area contributed by atoms with Crippen molar-refractivity contribution in [2.45, 2.75) is 44.7 Å². The molecule has 1 aromatic rings. The molecular weight excluding hydrogens is 287 g/mol. The van der Waals surface area contributed by atoms with Gasteiger partial charge < -0.3 is 4.90 Å². The number of likely N-dealkylation sites (tertiary alicyclic amines) is 2. The van der Waals surface area contributed by atoms with E-state index in [9.17, 15) is 4.39 Å². The van der Waals surface area contributed by atoms with Gasteiger partial charge in [-0.05, 0) is 64.0 Å². The topological polar surface area (TPSA) is 6.48 Å². The monoisotopic (exact) mass is 310 g/mol. The Bertz CT molecular complexity index is 446. The van der Waals surface area contributed by atoms with E-state index < -0.39 is 0 Å². The van der Waals surface area contributed by atoms with Gasteiger partial charge in [-0.3, -0.25) is 4.90 Å². The summed E-state index contributed by atoms with van der Waals surface area (Å²) in [5.74, 6) is -0.180. The predicted molar refractivity (Wildman–Crippen MR) is 85.1 cm³/mol. The minimum atomic E-state index is -0.180. The molecule has 0 N–H and O–H groups in total. The molecule has 116 valence electrons. The van der Waals surface area contributed by atoms with Gasteiger partial charge in [0.15, 0.2) is 0 Å². The average Bonchev–Trinajstić information content (AvgIpc) is 2.53. The zero-order valence-electron chi connectivity index (χ0n) is 12.5. The number of hydrogen-bond donors (Lipinski definition) is 0. The van der Waals surface area contributed by atoms with E-state index >= 15 is 0 Å². The van der Waals surface area contributed by atoms with Crippen LogP contribution in [-0.2, 0) is 6.54 Å². The molecule has 2 heterocycles. The Hall–Kier alpha value is -0.640. The van der Waals surface area contributed by atoms with Crippen molar-refractivity contribution in [1.82, 2.24) is 9.80 Å². The lowest BCUT2D eigenvalue weighted by molar-refractivity contribution is 0.0892. The maximum Gasteiger partial charge on any atom is 0.129 e. The van der Waals surface area contributed by atoms with Crippen LogP contribution in [0.15, 0.2) is 18.2 Å². The van der Waals surface area contributed by atoms with Crippen molar-refractivity contribution in [3.05, 3.63) is 34.6 Å². The zero-order chi connectivity index (χ0) is 14.7. The van der Waals surface area contributed by atoms with Gasteiger partial charge in [-0.15, -0.1) is 0 Å². The molecule has 2 fully saturated rings. The molecule has 1 aromatic carbocycles. The highest BCUT2D eigenvalue weighted by molar-refractivity contribution is 6.31. The summed E-state index contributed by atoms with van der Waals surface area (Å²) < 4.78 is 13.9. The smallest absolute Gasteiger partial charge is 0.129 e. The van der Waals surface area contributed by atoms with Crippen LogP contribution in [0, 0.1) is 5.82 Å². The highest BCUT2D eigenvalue weighted by atomic mass is 35.5. The predicted octanol–water partition coefficient (Wildman–Crippen LogP) is 3.93. The van der Waals surface area contributed by atoms with E-state index in [0.717, 1.165) is 19.1 Å². The van der Waals surface area contributed by atoms with Crippen LogP contribution in [-0.4, -0.2) is 42.0 Å². The molecular formula is C17H24ClFN2. The van der Waals surface area contributed by atoms with Gasteiger partial charge >= 0.3 is 0 Å². The molecule has 0 aromatic heterocycles. The molecule has 2 saturated heterocycles. The first-order chi connectivity index (χ1) is 10.2. The van der Waals surface area contributed by atoms with Crippen molar-refractivity contribution in [2.24, 2.45) is 0 Å². The molecule has 2 aliphatic rings. The van der Waals surface area contributed by atoms with Crippen LogP contribution in [0.1, 0.15) is 37.7 Å². The van der Waals surface area contributed by atoms with Crippen LogP contribution < -0.4 is 0 Å². The fraction of sp³-hybridized carbons (Fsp3) is 0.647. The molecule has 4 heteroatoms. The minimum absolute atomic E-state index is 0.180. The summed E-state index contributed by atoms with van der Waals surface area (Å²) >= 11 is 6.12. The third-order valence-electron chi connectivity index (χ3n) is 4.91. The highest BCUT2D eigenvalue weighted by Crippen LogP contribution is 2.25. The molecule has 2 nitrogen and oxygen atoms in total. The second-order valence-electron chi connectivity index (χ2n) is 6.30. The third kappa shape index (κ3) is 3.77. The van der Waals surface area contributed by atoms with Crippen molar-refractivity contribution in [2.75, 3.05) is 26.2 Å².